The lowest BCUT2D eigenvalue weighted by Gasteiger charge is -2.22. The van der Waals surface area contributed by atoms with Crippen molar-refractivity contribution in [2.24, 2.45) is 5.84 Å². The number of nitrogens with two attached hydrogens (primary N) is 1. The van der Waals surface area contributed by atoms with E-state index in [1.165, 1.54) is 28.0 Å². The van der Waals surface area contributed by atoms with Crippen molar-refractivity contribution >= 4 is 11.8 Å². The van der Waals surface area contributed by atoms with Crippen molar-refractivity contribution in [2.45, 2.75) is 42.4 Å². The molecule has 2 atom stereocenters. The van der Waals surface area contributed by atoms with E-state index in [1.807, 2.05) is 11.8 Å². The molecule has 2 aromatic carbocycles. The van der Waals surface area contributed by atoms with Crippen LogP contribution < -0.4 is 11.3 Å². The Bertz CT molecular complexity index is 569. The fourth-order valence-corrected chi connectivity index (χ4v) is 4.41. The van der Waals surface area contributed by atoms with E-state index in [0.29, 0.717) is 5.25 Å². The molecule has 0 bridgehead atoms. The first-order valence-corrected chi connectivity index (χ1v) is 8.49. The van der Waals surface area contributed by atoms with Gasteiger partial charge in [-0.1, -0.05) is 55.8 Å². The first kappa shape index (κ1) is 14.6. The zero-order valence-electron chi connectivity index (χ0n) is 12.4. The van der Waals surface area contributed by atoms with Crippen LogP contribution in [0.2, 0.25) is 0 Å². The van der Waals surface area contributed by atoms with Crippen LogP contribution in [-0.2, 0) is 12.8 Å². The Balaban J connectivity index is 1.77. The van der Waals surface area contributed by atoms with Gasteiger partial charge in [0, 0.05) is 10.1 Å². The molecule has 2 unspecified atom stereocenters. The van der Waals surface area contributed by atoms with Crippen LogP contribution in [0.25, 0.3) is 0 Å². The van der Waals surface area contributed by atoms with Crippen LogP contribution in [0.15, 0.2) is 53.4 Å². The van der Waals surface area contributed by atoms with Gasteiger partial charge < -0.3 is 0 Å². The third-order valence-corrected chi connectivity index (χ3v) is 5.49. The topological polar surface area (TPSA) is 38.0 Å². The molecular weight excluding hydrogens is 276 g/mol. The average molecular weight is 298 g/mol. The molecule has 2 nitrogen and oxygen atoms in total. The van der Waals surface area contributed by atoms with Gasteiger partial charge in [0.1, 0.15) is 0 Å². The lowest BCUT2D eigenvalue weighted by Crippen LogP contribution is -2.35. The predicted octanol–water partition coefficient (Wildman–Crippen LogP) is 3.86. The molecule has 0 radical (unpaired) electrons. The molecule has 0 saturated carbocycles. The molecule has 3 heteroatoms. The van der Waals surface area contributed by atoms with E-state index in [4.69, 9.17) is 5.84 Å². The third-order valence-electron chi connectivity index (χ3n) is 4.10. The largest absolute Gasteiger partial charge is 0.271 e. The van der Waals surface area contributed by atoms with Crippen molar-refractivity contribution in [1.82, 2.24) is 5.43 Å². The van der Waals surface area contributed by atoms with E-state index in [-0.39, 0.29) is 6.04 Å². The van der Waals surface area contributed by atoms with Crippen molar-refractivity contribution < 1.29 is 0 Å². The molecule has 0 spiro atoms. The Morgan fingerprint density at radius 1 is 1.19 bits per heavy atom. The fourth-order valence-electron chi connectivity index (χ4n) is 2.99. The zero-order valence-corrected chi connectivity index (χ0v) is 13.2. The number of rotatable bonds is 5. The second-order valence-corrected chi connectivity index (χ2v) is 6.89. The predicted molar refractivity (Wildman–Crippen MR) is 90.3 cm³/mol. The van der Waals surface area contributed by atoms with Gasteiger partial charge in [-0.3, -0.25) is 11.3 Å². The zero-order chi connectivity index (χ0) is 14.7. The van der Waals surface area contributed by atoms with E-state index in [2.05, 4.69) is 60.9 Å². The lowest BCUT2D eigenvalue weighted by atomic mass is 9.97. The van der Waals surface area contributed by atoms with Gasteiger partial charge in [-0.05, 0) is 35.6 Å². The number of thioether (sulfide) groups is 1. The molecule has 0 amide bonds. The third kappa shape index (κ3) is 3.15. The normalized spacial score (nSPS) is 18.5. The van der Waals surface area contributed by atoms with Crippen LogP contribution in [0, 0.1) is 0 Å². The number of hydrogen-bond donors (Lipinski definition) is 2. The van der Waals surface area contributed by atoms with Crippen LogP contribution in [0.3, 0.4) is 0 Å². The average Bonchev–Trinajstić information content (AvgIpc) is 2.93. The minimum absolute atomic E-state index is 0.193. The highest BCUT2D eigenvalue weighted by atomic mass is 32.2. The highest BCUT2D eigenvalue weighted by Gasteiger charge is 2.29. The van der Waals surface area contributed by atoms with Crippen molar-refractivity contribution in [3.63, 3.8) is 0 Å². The summed E-state index contributed by atoms with van der Waals surface area (Å²) < 4.78 is 0. The summed E-state index contributed by atoms with van der Waals surface area (Å²) in [5.74, 6) is 5.85. The summed E-state index contributed by atoms with van der Waals surface area (Å²) in [6.07, 6.45) is 3.41. The molecule has 110 valence electrons. The van der Waals surface area contributed by atoms with Crippen LogP contribution in [0.1, 0.15) is 36.1 Å². The van der Waals surface area contributed by atoms with E-state index >= 15 is 0 Å². The maximum Gasteiger partial charge on any atom is 0.0585 e. The number of fused-ring (bicyclic) bond motifs is 1. The van der Waals surface area contributed by atoms with E-state index < -0.39 is 0 Å². The Morgan fingerprint density at radius 2 is 1.95 bits per heavy atom. The van der Waals surface area contributed by atoms with E-state index in [9.17, 15) is 0 Å². The standard InChI is InChI=1S/C18H22N2S/c1-2-5-13-8-10-14(11-9-13)18(20-19)17-12-15-6-3-4-7-16(15)21-17/h3-4,6-11,17-18,20H,2,5,12,19H2,1H3. The van der Waals surface area contributed by atoms with Gasteiger partial charge in [-0.25, -0.2) is 0 Å². The molecule has 21 heavy (non-hydrogen) atoms. The Hall–Kier alpha value is -1.29. The molecule has 3 N–H and O–H groups in total. The maximum absolute atomic E-state index is 5.85. The summed E-state index contributed by atoms with van der Waals surface area (Å²) in [4.78, 5) is 1.39. The molecule has 1 heterocycles. The van der Waals surface area contributed by atoms with Crippen LogP contribution in [0.5, 0.6) is 0 Å². The second kappa shape index (κ2) is 6.65. The monoisotopic (exact) mass is 298 g/mol. The van der Waals surface area contributed by atoms with Crippen molar-refractivity contribution in [1.29, 1.82) is 0 Å². The molecule has 2 aromatic rings. The number of aryl methyl sites for hydroxylation is 1. The molecule has 0 aliphatic carbocycles. The molecular formula is C18H22N2S. The van der Waals surface area contributed by atoms with E-state index in [0.717, 1.165) is 12.8 Å². The Kier molecular flexibility index (Phi) is 4.63. The first-order valence-electron chi connectivity index (χ1n) is 7.61. The van der Waals surface area contributed by atoms with Crippen LogP contribution in [0.4, 0.5) is 0 Å². The maximum atomic E-state index is 5.85. The van der Waals surface area contributed by atoms with Gasteiger partial charge >= 0.3 is 0 Å². The highest BCUT2D eigenvalue weighted by molar-refractivity contribution is 8.00. The summed E-state index contributed by atoms with van der Waals surface area (Å²) in [6.45, 7) is 2.21. The van der Waals surface area contributed by atoms with Crippen LogP contribution in [-0.4, -0.2) is 5.25 Å². The molecule has 0 saturated heterocycles. The Morgan fingerprint density at radius 3 is 2.62 bits per heavy atom. The second-order valence-electron chi connectivity index (χ2n) is 5.60. The summed E-state index contributed by atoms with van der Waals surface area (Å²) in [5, 5.41) is 0.462. The lowest BCUT2D eigenvalue weighted by molar-refractivity contribution is 0.533. The van der Waals surface area contributed by atoms with Gasteiger partial charge in [0.15, 0.2) is 0 Å². The minimum atomic E-state index is 0.193. The molecule has 0 fully saturated rings. The van der Waals surface area contributed by atoms with Crippen molar-refractivity contribution in [3.8, 4) is 0 Å². The van der Waals surface area contributed by atoms with Gasteiger partial charge in [0.2, 0.25) is 0 Å². The summed E-state index contributed by atoms with van der Waals surface area (Å²) in [6, 6.07) is 17.8. The number of hydrogen-bond acceptors (Lipinski definition) is 3. The number of hydrazine groups is 1. The van der Waals surface area contributed by atoms with Gasteiger partial charge in [0.05, 0.1) is 6.04 Å². The smallest absolute Gasteiger partial charge is 0.0585 e. The van der Waals surface area contributed by atoms with Crippen LogP contribution >= 0.6 is 11.8 Å². The summed E-state index contributed by atoms with van der Waals surface area (Å²) in [7, 11) is 0. The van der Waals surface area contributed by atoms with Crippen molar-refractivity contribution in [3.05, 3.63) is 65.2 Å². The number of benzene rings is 2. The SMILES string of the molecule is CCCc1ccc(C(NN)C2Cc3ccccc3S2)cc1. The molecule has 1 aliphatic rings. The molecule has 3 rings (SSSR count). The van der Waals surface area contributed by atoms with E-state index in [1.54, 1.807) is 0 Å². The molecule has 0 aromatic heterocycles. The fraction of sp³-hybridized carbons (Fsp3) is 0.333. The summed E-state index contributed by atoms with van der Waals surface area (Å²) >= 11 is 1.94. The van der Waals surface area contributed by atoms with Gasteiger partial charge in [0.25, 0.3) is 0 Å². The van der Waals surface area contributed by atoms with Crippen molar-refractivity contribution in [2.75, 3.05) is 0 Å². The van der Waals surface area contributed by atoms with Gasteiger partial charge in [-0.2, -0.15) is 0 Å². The summed E-state index contributed by atoms with van der Waals surface area (Å²) in [5.41, 5.74) is 7.15. The quantitative estimate of drug-likeness (QED) is 0.650. The minimum Gasteiger partial charge on any atom is -0.271 e. The number of nitrogens with one attached hydrogen (secondary N) is 1. The molecule has 1 aliphatic heterocycles. The van der Waals surface area contributed by atoms with Gasteiger partial charge in [-0.15, -0.1) is 11.8 Å². The first-order chi connectivity index (χ1) is 10.3. The highest BCUT2D eigenvalue weighted by Crippen LogP contribution is 2.42. The Labute approximate surface area is 131 Å².